The second kappa shape index (κ2) is 9.13. The zero-order valence-corrected chi connectivity index (χ0v) is 17.3. The summed E-state index contributed by atoms with van der Waals surface area (Å²) in [6.07, 6.45) is 6.10. The van der Waals surface area contributed by atoms with Crippen molar-refractivity contribution in [3.63, 3.8) is 0 Å². The third kappa shape index (κ3) is 5.38. The third-order valence-corrected chi connectivity index (χ3v) is 6.74. The van der Waals surface area contributed by atoms with Gasteiger partial charge in [0, 0.05) is 30.7 Å². The number of sulfonamides is 1. The molecule has 0 spiro atoms. The van der Waals surface area contributed by atoms with Crippen molar-refractivity contribution in [3.8, 4) is 0 Å². The number of halogens is 2. The normalized spacial score (nSPS) is 16.0. The second-order valence-electron chi connectivity index (χ2n) is 6.54. The van der Waals surface area contributed by atoms with E-state index in [1.807, 2.05) is 0 Å². The summed E-state index contributed by atoms with van der Waals surface area (Å²) in [4.78, 5) is 13.9. The lowest BCUT2D eigenvalue weighted by atomic mass is 9.97. The summed E-state index contributed by atoms with van der Waals surface area (Å²) in [5.74, 6) is 0.685. The standard InChI is InChI=1S/C19H20Cl2N2O4S/c20-15-3-5-17(21)18(12-15)28(25,26)22-13-14-7-9-23(10-8-14)19(24)6-4-16-2-1-11-27-16/h1-6,11-12,14,22H,7-10,13H2/b6-4+. The van der Waals surface area contributed by atoms with Gasteiger partial charge in [-0.3, -0.25) is 4.79 Å². The molecular formula is C19H20Cl2N2O4S. The predicted octanol–water partition coefficient (Wildman–Crippen LogP) is 3.82. The van der Waals surface area contributed by atoms with Crippen LogP contribution in [-0.4, -0.2) is 38.9 Å². The summed E-state index contributed by atoms with van der Waals surface area (Å²) >= 11 is 11.9. The van der Waals surface area contributed by atoms with Gasteiger partial charge in [-0.15, -0.1) is 0 Å². The molecule has 1 N–H and O–H groups in total. The topological polar surface area (TPSA) is 79.6 Å². The van der Waals surface area contributed by atoms with Gasteiger partial charge >= 0.3 is 0 Å². The third-order valence-electron chi connectivity index (χ3n) is 4.60. The van der Waals surface area contributed by atoms with Gasteiger partial charge in [0.05, 0.1) is 11.3 Å². The van der Waals surface area contributed by atoms with Crippen LogP contribution in [0.3, 0.4) is 0 Å². The fraction of sp³-hybridized carbons (Fsp3) is 0.316. The average molecular weight is 443 g/mol. The highest BCUT2D eigenvalue weighted by molar-refractivity contribution is 7.89. The first-order valence-electron chi connectivity index (χ1n) is 8.80. The fourth-order valence-corrected chi connectivity index (χ4v) is 4.87. The van der Waals surface area contributed by atoms with Crippen LogP contribution in [0.25, 0.3) is 6.08 Å². The lowest BCUT2D eigenvalue weighted by Gasteiger charge is -2.31. The van der Waals surface area contributed by atoms with Crippen molar-refractivity contribution in [2.75, 3.05) is 19.6 Å². The Labute approximate surface area is 174 Å². The van der Waals surface area contributed by atoms with E-state index >= 15 is 0 Å². The molecule has 28 heavy (non-hydrogen) atoms. The lowest BCUT2D eigenvalue weighted by Crippen LogP contribution is -2.41. The molecule has 0 radical (unpaired) electrons. The Balaban J connectivity index is 1.50. The summed E-state index contributed by atoms with van der Waals surface area (Å²) in [5.41, 5.74) is 0. The van der Waals surface area contributed by atoms with Crippen molar-refractivity contribution in [3.05, 3.63) is 58.5 Å². The van der Waals surface area contributed by atoms with E-state index in [0.29, 0.717) is 36.7 Å². The van der Waals surface area contributed by atoms with E-state index in [2.05, 4.69) is 4.72 Å². The van der Waals surface area contributed by atoms with Gasteiger partial charge in [-0.05, 0) is 55.2 Å². The molecule has 1 saturated heterocycles. The van der Waals surface area contributed by atoms with Gasteiger partial charge in [0.2, 0.25) is 15.9 Å². The molecule has 2 aromatic rings. The van der Waals surface area contributed by atoms with Gasteiger partial charge in [0.1, 0.15) is 10.7 Å². The molecule has 9 heteroatoms. The minimum atomic E-state index is -3.74. The van der Waals surface area contributed by atoms with Gasteiger partial charge < -0.3 is 9.32 Å². The number of hydrogen-bond donors (Lipinski definition) is 1. The molecule has 1 aliphatic rings. The van der Waals surface area contributed by atoms with Gasteiger partial charge in [-0.2, -0.15) is 0 Å². The molecule has 0 bridgehead atoms. The maximum absolute atomic E-state index is 12.5. The van der Waals surface area contributed by atoms with Gasteiger partial charge in [-0.1, -0.05) is 23.2 Å². The summed E-state index contributed by atoms with van der Waals surface area (Å²) in [5, 5.41) is 0.430. The summed E-state index contributed by atoms with van der Waals surface area (Å²) in [6.45, 7) is 1.44. The molecule has 0 saturated carbocycles. The van der Waals surface area contributed by atoms with Crippen LogP contribution >= 0.6 is 23.2 Å². The molecule has 0 atom stereocenters. The van der Waals surface area contributed by atoms with Crippen LogP contribution in [0.1, 0.15) is 18.6 Å². The van der Waals surface area contributed by atoms with Crippen LogP contribution in [-0.2, 0) is 14.8 Å². The fourth-order valence-electron chi connectivity index (χ4n) is 2.99. The number of piperidine rings is 1. The number of amides is 1. The van der Waals surface area contributed by atoms with Crippen molar-refractivity contribution < 1.29 is 17.6 Å². The zero-order chi connectivity index (χ0) is 20.1. The maximum Gasteiger partial charge on any atom is 0.246 e. The molecule has 150 valence electrons. The van der Waals surface area contributed by atoms with E-state index in [4.69, 9.17) is 27.6 Å². The van der Waals surface area contributed by atoms with E-state index in [-0.39, 0.29) is 28.3 Å². The van der Waals surface area contributed by atoms with Crippen molar-refractivity contribution in [2.45, 2.75) is 17.7 Å². The zero-order valence-electron chi connectivity index (χ0n) is 15.0. The predicted molar refractivity (Wildman–Crippen MR) is 109 cm³/mol. The molecule has 0 aliphatic carbocycles. The molecular weight excluding hydrogens is 423 g/mol. The molecule has 2 heterocycles. The minimum Gasteiger partial charge on any atom is -0.465 e. The number of likely N-dealkylation sites (tertiary alicyclic amines) is 1. The first-order valence-corrected chi connectivity index (χ1v) is 11.0. The molecule has 1 fully saturated rings. The Morgan fingerprint density at radius 2 is 2.00 bits per heavy atom. The van der Waals surface area contributed by atoms with Gasteiger partial charge in [-0.25, -0.2) is 13.1 Å². The SMILES string of the molecule is O=C(/C=C/c1ccco1)N1CCC(CNS(=O)(=O)c2cc(Cl)ccc2Cl)CC1. The Bertz CT molecular complexity index is 950. The van der Waals surface area contributed by atoms with Crippen LogP contribution in [0.2, 0.25) is 10.0 Å². The van der Waals surface area contributed by atoms with Crippen molar-refractivity contribution >= 4 is 45.2 Å². The summed E-state index contributed by atoms with van der Waals surface area (Å²) < 4.78 is 32.7. The second-order valence-corrected chi connectivity index (χ2v) is 9.12. The van der Waals surface area contributed by atoms with Crippen LogP contribution in [0.5, 0.6) is 0 Å². The van der Waals surface area contributed by atoms with Crippen LogP contribution in [0.15, 0.2) is 52.0 Å². The molecule has 3 rings (SSSR count). The first-order chi connectivity index (χ1) is 13.3. The molecule has 0 unspecified atom stereocenters. The van der Waals surface area contributed by atoms with Crippen LogP contribution in [0, 0.1) is 5.92 Å². The van der Waals surface area contributed by atoms with Crippen molar-refractivity contribution in [2.24, 2.45) is 5.92 Å². The van der Waals surface area contributed by atoms with E-state index in [1.165, 1.54) is 24.3 Å². The highest BCUT2D eigenvalue weighted by atomic mass is 35.5. The molecule has 1 aromatic carbocycles. The Kier molecular flexibility index (Phi) is 6.82. The Morgan fingerprint density at radius 1 is 1.25 bits per heavy atom. The van der Waals surface area contributed by atoms with E-state index < -0.39 is 10.0 Å². The van der Waals surface area contributed by atoms with Crippen molar-refractivity contribution in [1.82, 2.24) is 9.62 Å². The molecule has 1 aromatic heterocycles. The minimum absolute atomic E-state index is 0.0302. The van der Waals surface area contributed by atoms with E-state index in [1.54, 1.807) is 29.4 Å². The molecule has 1 amide bonds. The van der Waals surface area contributed by atoms with Crippen molar-refractivity contribution in [1.29, 1.82) is 0 Å². The quantitative estimate of drug-likeness (QED) is 0.689. The largest absolute Gasteiger partial charge is 0.465 e. The lowest BCUT2D eigenvalue weighted by molar-refractivity contribution is -0.127. The maximum atomic E-state index is 12.5. The van der Waals surface area contributed by atoms with E-state index in [9.17, 15) is 13.2 Å². The number of nitrogens with zero attached hydrogens (tertiary/aromatic N) is 1. The number of hydrogen-bond acceptors (Lipinski definition) is 4. The highest BCUT2D eigenvalue weighted by Gasteiger charge is 2.24. The number of nitrogens with one attached hydrogen (secondary N) is 1. The number of benzene rings is 1. The number of rotatable bonds is 6. The first kappa shape index (κ1) is 20.9. The highest BCUT2D eigenvalue weighted by Crippen LogP contribution is 2.25. The van der Waals surface area contributed by atoms with Gasteiger partial charge in [0.25, 0.3) is 0 Å². The molecule has 6 nitrogen and oxygen atoms in total. The van der Waals surface area contributed by atoms with Crippen LogP contribution < -0.4 is 4.72 Å². The monoisotopic (exact) mass is 442 g/mol. The number of carbonyl (C=O) groups excluding carboxylic acids is 1. The van der Waals surface area contributed by atoms with Crippen LogP contribution in [0.4, 0.5) is 0 Å². The summed E-state index contributed by atoms with van der Waals surface area (Å²) in [7, 11) is -3.74. The average Bonchev–Trinajstić information content (AvgIpc) is 3.20. The molecule has 1 aliphatic heterocycles. The summed E-state index contributed by atoms with van der Waals surface area (Å²) in [6, 6.07) is 7.86. The Hall–Kier alpha value is -1.80. The van der Waals surface area contributed by atoms with E-state index in [0.717, 1.165) is 0 Å². The van der Waals surface area contributed by atoms with Gasteiger partial charge in [0.15, 0.2) is 0 Å². The smallest absolute Gasteiger partial charge is 0.246 e. The number of furan rings is 1. The Morgan fingerprint density at radius 3 is 2.68 bits per heavy atom. The number of carbonyl (C=O) groups is 1.